The minimum atomic E-state index is -4.51. The first-order valence-electron chi connectivity index (χ1n) is 21.3. The third-order valence-corrected chi connectivity index (χ3v) is 10.4. The van der Waals surface area contributed by atoms with Gasteiger partial charge >= 0.3 is 5.97 Å². The fourth-order valence-corrected chi connectivity index (χ4v) is 6.81. The van der Waals surface area contributed by atoms with Crippen LogP contribution in [-0.4, -0.2) is 70.7 Å². The van der Waals surface area contributed by atoms with E-state index in [-0.39, 0.29) is 25.8 Å². The standard InChI is InChI=1S/C41H84NO7P/c1-6-8-10-12-14-16-18-19-20-21-22-23-24-25-27-29-31-33-36-46-38-40(39-48-50(44,45)47-37-35-42(3,4)5)49-41(43)34-32-30-28-26-17-15-13-11-9-7-2/h40H,6-39H2,1-5H3/t40-/m1/s1. The van der Waals surface area contributed by atoms with Crippen LogP contribution in [0.2, 0.25) is 0 Å². The molecule has 0 N–H and O–H groups in total. The number of phosphoric acid groups is 1. The highest BCUT2D eigenvalue weighted by Gasteiger charge is 2.20. The van der Waals surface area contributed by atoms with E-state index in [0.717, 1.165) is 32.1 Å². The van der Waals surface area contributed by atoms with Crippen LogP contribution >= 0.6 is 7.82 Å². The molecule has 0 bridgehead atoms. The maximum Gasteiger partial charge on any atom is 0.306 e. The average Bonchev–Trinajstić information content (AvgIpc) is 3.06. The second-order valence-corrected chi connectivity index (χ2v) is 17.1. The number of carbonyl (C=O) groups is 1. The molecule has 0 rings (SSSR count). The highest BCUT2D eigenvalue weighted by atomic mass is 31.2. The molecule has 300 valence electrons. The average molecular weight is 734 g/mol. The predicted molar refractivity (Wildman–Crippen MR) is 208 cm³/mol. The van der Waals surface area contributed by atoms with E-state index in [1.54, 1.807) is 0 Å². The number of phosphoric ester groups is 1. The van der Waals surface area contributed by atoms with Gasteiger partial charge in [-0.25, -0.2) is 0 Å². The van der Waals surface area contributed by atoms with Crippen LogP contribution in [-0.2, 0) is 27.9 Å². The zero-order chi connectivity index (χ0) is 37.0. The second kappa shape index (κ2) is 35.5. The molecule has 0 saturated carbocycles. The minimum absolute atomic E-state index is 0.0311. The van der Waals surface area contributed by atoms with Gasteiger partial charge in [-0.1, -0.05) is 181 Å². The number of unbranched alkanes of at least 4 members (excludes halogenated alkanes) is 26. The molecule has 0 radical (unpaired) electrons. The molecule has 0 spiro atoms. The van der Waals surface area contributed by atoms with Crippen molar-refractivity contribution in [2.45, 2.75) is 206 Å². The van der Waals surface area contributed by atoms with E-state index in [1.807, 2.05) is 21.1 Å². The van der Waals surface area contributed by atoms with Gasteiger partial charge < -0.3 is 27.9 Å². The van der Waals surface area contributed by atoms with Gasteiger partial charge in [-0.05, 0) is 12.8 Å². The molecule has 0 aliphatic heterocycles. The molecular formula is C41H84NO7P. The molecule has 0 fully saturated rings. The Labute approximate surface area is 310 Å². The van der Waals surface area contributed by atoms with Gasteiger partial charge in [-0.2, -0.15) is 0 Å². The maximum atomic E-state index is 12.6. The smallest absolute Gasteiger partial charge is 0.306 e. The molecule has 0 aromatic carbocycles. The van der Waals surface area contributed by atoms with Crippen LogP contribution in [0.1, 0.15) is 200 Å². The summed E-state index contributed by atoms with van der Waals surface area (Å²) in [4.78, 5) is 24.9. The second-order valence-electron chi connectivity index (χ2n) is 15.7. The Morgan fingerprint density at radius 3 is 1.32 bits per heavy atom. The molecule has 0 heterocycles. The molecule has 0 aliphatic carbocycles. The molecule has 0 aliphatic rings. The van der Waals surface area contributed by atoms with Crippen molar-refractivity contribution in [3.05, 3.63) is 0 Å². The minimum Gasteiger partial charge on any atom is -0.756 e. The quantitative estimate of drug-likeness (QED) is 0.0268. The number of rotatable bonds is 40. The molecule has 1 unspecified atom stereocenters. The van der Waals surface area contributed by atoms with Gasteiger partial charge in [0.15, 0.2) is 0 Å². The summed E-state index contributed by atoms with van der Waals surface area (Å²) in [6.07, 6.45) is 35.4. The SMILES string of the molecule is CCCCCCCCCCCCCCCCCCCCOC[C@H](COP(=O)([O-])OCC[N+](C)(C)C)OC(=O)CCCCCCCCCCCC. The Morgan fingerprint density at radius 2 is 0.920 bits per heavy atom. The number of esters is 1. The van der Waals surface area contributed by atoms with E-state index >= 15 is 0 Å². The first kappa shape index (κ1) is 49.5. The van der Waals surface area contributed by atoms with Gasteiger partial charge in [-0.15, -0.1) is 0 Å². The lowest BCUT2D eigenvalue weighted by Gasteiger charge is -2.28. The van der Waals surface area contributed by atoms with Crippen molar-refractivity contribution in [2.24, 2.45) is 0 Å². The number of ether oxygens (including phenoxy) is 2. The van der Waals surface area contributed by atoms with E-state index in [4.69, 9.17) is 18.5 Å². The summed E-state index contributed by atoms with van der Waals surface area (Å²) in [5.74, 6) is -0.332. The molecule has 0 aromatic rings. The Morgan fingerprint density at radius 1 is 0.540 bits per heavy atom. The number of likely N-dealkylation sites (N-methyl/N-ethyl adjacent to an activating group) is 1. The Bertz CT molecular complexity index is 777. The summed E-state index contributed by atoms with van der Waals surface area (Å²) in [6.45, 7) is 5.44. The van der Waals surface area contributed by atoms with Gasteiger partial charge in [-0.3, -0.25) is 9.36 Å². The van der Waals surface area contributed by atoms with Gasteiger partial charge in [0, 0.05) is 13.0 Å². The zero-order valence-electron chi connectivity index (χ0n) is 33.9. The van der Waals surface area contributed by atoms with Crippen molar-refractivity contribution in [3.63, 3.8) is 0 Å². The Balaban J connectivity index is 4.13. The largest absolute Gasteiger partial charge is 0.756 e. The summed E-state index contributed by atoms with van der Waals surface area (Å²) in [6, 6.07) is 0. The van der Waals surface area contributed by atoms with Crippen LogP contribution in [0, 0.1) is 0 Å². The molecule has 9 heteroatoms. The maximum absolute atomic E-state index is 12.6. The summed E-state index contributed by atoms with van der Waals surface area (Å²) in [7, 11) is 1.37. The van der Waals surface area contributed by atoms with Crippen molar-refractivity contribution in [1.29, 1.82) is 0 Å². The van der Waals surface area contributed by atoms with E-state index in [0.29, 0.717) is 24.1 Å². The fraction of sp³-hybridized carbons (Fsp3) is 0.976. The van der Waals surface area contributed by atoms with Gasteiger partial charge in [0.2, 0.25) is 0 Å². The third-order valence-electron chi connectivity index (χ3n) is 9.41. The van der Waals surface area contributed by atoms with Crippen molar-refractivity contribution >= 4 is 13.8 Å². The molecule has 2 atom stereocenters. The summed E-state index contributed by atoms with van der Waals surface area (Å²) >= 11 is 0. The van der Waals surface area contributed by atoms with Crippen molar-refractivity contribution in [2.75, 3.05) is 54.1 Å². The van der Waals surface area contributed by atoms with Crippen LogP contribution in [0.4, 0.5) is 0 Å². The first-order chi connectivity index (χ1) is 24.1. The molecule has 0 saturated heterocycles. The highest BCUT2D eigenvalue weighted by molar-refractivity contribution is 7.45. The van der Waals surface area contributed by atoms with Gasteiger partial charge in [0.05, 0.1) is 34.4 Å². The van der Waals surface area contributed by atoms with Crippen LogP contribution < -0.4 is 4.89 Å². The Hall–Kier alpha value is -0.500. The normalized spacial score (nSPS) is 13.8. The van der Waals surface area contributed by atoms with Gasteiger partial charge in [0.25, 0.3) is 7.82 Å². The lowest BCUT2D eigenvalue weighted by Crippen LogP contribution is -2.37. The zero-order valence-corrected chi connectivity index (χ0v) is 34.8. The molecule has 50 heavy (non-hydrogen) atoms. The molecule has 0 amide bonds. The third kappa shape index (κ3) is 38.7. The number of nitrogens with zero attached hydrogens (tertiary/aromatic N) is 1. The first-order valence-corrected chi connectivity index (χ1v) is 22.7. The van der Waals surface area contributed by atoms with E-state index in [2.05, 4.69) is 13.8 Å². The van der Waals surface area contributed by atoms with Crippen molar-refractivity contribution < 1.29 is 37.3 Å². The number of hydrogen-bond acceptors (Lipinski definition) is 7. The van der Waals surface area contributed by atoms with Crippen molar-refractivity contribution in [1.82, 2.24) is 0 Å². The van der Waals surface area contributed by atoms with E-state index in [9.17, 15) is 14.3 Å². The molecule has 0 aromatic heterocycles. The molecule has 8 nitrogen and oxygen atoms in total. The van der Waals surface area contributed by atoms with Crippen LogP contribution in [0.5, 0.6) is 0 Å². The summed E-state index contributed by atoms with van der Waals surface area (Å²) in [5, 5.41) is 0. The van der Waals surface area contributed by atoms with Crippen LogP contribution in [0.3, 0.4) is 0 Å². The predicted octanol–water partition coefficient (Wildman–Crippen LogP) is 11.5. The van der Waals surface area contributed by atoms with Crippen LogP contribution in [0.25, 0.3) is 0 Å². The highest BCUT2D eigenvalue weighted by Crippen LogP contribution is 2.38. The van der Waals surface area contributed by atoms with E-state index < -0.39 is 13.9 Å². The molecular weight excluding hydrogens is 649 g/mol. The number of hydrogen-bond donors (Lipinski definition) is 0. The van der Waals surface area contributed by atoms with E-state index in [1.165, 1.54) is 148 Å². The van der Waals surface area contributed by atoms with Crippen molar-refractivity contribution in [3.8, 4) is 0 Å². The lowest BCUT2D eigenvalue weighted by molar-refractivity contribution is -0.870. The topological polar surface area (TPSA) is 94.1 Å². The number of quaternary nitrogens is 1. The summed E-state index contributed by atoms with van der Waals surface area (Å²) in [5.41, 5.74) is 0. The fourth-order valence-electron chi connectivity index (χ4n) is 6.08. The summed E-state index contributed by atoms with van der Waals surface area (Å²) < 4.78 is 34.5. The Kier molecular flexibility index (Phi) is 35.2. The van der Waals surface area contributed by atoms with Gasteiger partial charge in [0.1, 0.15) is 19.3 Å². The lowest BCUT2D eigenvalue weighted by atomic mass is 10.0. The monoisotopic (exact) mass is 734 g/mol. The number of carbonyl (C=O) groups excluding carboxylic acids is 1. The van der Waals surface area contributed by atoms with Crippen LogP contribution in [0.15, 0.2) is 0 Å².